The maximum atomic E-state index is 12.0. The monoisotopic (exact) mass is 699 g/mol. The summed E-state index contributed by atoms with van der Waals surface area (Å²) in [6, 6.07) is 11.6. The van der Waals surface area contributed by atoms with Crippen LogP contribution >= 0.6 is 0 Å². The predicted octanol–water partition coefficient (Wildman–Crippen LogP) is 6.46. The summed E-state index contributed by atoms with van der Waals surface area (Å²) in [5.74, 6) is 0. The molecule has 0 unspecified atom stereocenters. The van der Waals surface area contributed by atoms with Crippen LogP contribution in [0.3, 0.4) is 0 Å². The summed E-state index contributed by atoms with van der Waals surface area (Å²) in [7, 11) is 0. The van der Waals surface area contributed by atoms with Crippen molar-refractivity contribution in [3.63, 3.8) is 0 Å². The third kappa shape index (κ3) is 12.0. The van der Waals surface area contributed by atoms with E-state index in [0.29, 0.717) is 18.8 Å². The fourth-order valence-corrected chi connectivity index (χ4v) is 4.14. The van der Waals surface area contributed by atoms with Crippen LogP contribution in [0.2, 0.25) is 0 Å². The second-order valence-electron chi connectivity index (χ2n) is 10.0. The van der Waals surface area contributed by atoms with Gasteiger partial charge < -0.3 is 19.7 Å². The molecule has 3 aliphatic rings. The first kappa shape index (κ1) is 36.4. The van der Waals surface area contributed by atoms with Crippen molar-refractivity contribution in [2.75, 3.05) is 26.3 Å². The molecule has 1 saturated heterocycles. The largest absolute Gasteiger partial charge is 0.444 e. The Morgan fingerprint density at radius 1 is 0.949 bits per heavy atom. The molecule has 1 N–H and O–H groups in total. The molecule has 0 bridgehead atoms. The maximum Gasteiger partial charge on any atom is 0.410 e. The van der Waals surface area contributed by atoms with Crippen LogP contribution in [0, 0.1) is 13.1 Å². The van der Waals surface area contributed by atoms with Crippen LogP contribution in [0.5, 0.6) is 0 Å². The normalized spacial score (nSPS) is 14.7. The van der Waals surface area contributed by atoms with E-state index in [1.165, 1.54) is 29.5 Å². The van der Waals surface area contributed by atoms with Gasteiger partial charge in [-0.3, -0.25) is 0 Å². The Labute approximate surface area is 251 Å². The second kappa shape index (κ2) is 17.9. The maximum absolute atomic E-state index is 12.0. The number of carbonyl (C=O) groups is 1. The van der Waals surface area contributed by atoms with Crippen LogP contribution in [-0.4, -0.2) is 51.3 Å². The number of carbonyl (C=O) groups excluding carboxylic acids is 1. The number of ether oxygens (including phenoxy) is 2. The van der Waals surface area contributed by atoms with Gasteiger partial charge in [0, 0.05) is 62.3 Å². The fraction of sp³-hybridized carbons (Fsp3) is 0.500. The van der Waals surface area contributed by atoms with Crippen LogP contribution in [-0.2, 0) is 56.5 Å². The van der Waals surface area contributed by atoms with Gasteiger partial charge in [0.2, 0.25) is 0 Å². The molecular formula is C30H40BN4O3W. The van der Waals surface area contributed by atoms with E-state index < -0.39 is 5.60 Å². The molecule has 0 spiro atoms. The van der Waals surface area contributed by atoms with E-state index in [1.54, 1.807) is 4.90 Å². The summed E-state index contributed by atoms with van der Waals surface area (Å²) in [5, 5.41) is 3.29. The topological polar surface area (TPSA) is 59.5 Å². The minimum atomic E-state index is -0.476. The summed E-state index contributed by atoms with van der Waals surface area (Å²) < 4.78 is 10.3. The van der Waals surface area contributed by atoms with Crippen molar-refractivity contribution in [2.45, 2.75) is 72.6 Å². The number of nitrogens with one attached hydrogen (secondary N) is 1. The van der Waals surface area contributed by atoms with Gasteiger partial charge in [-0.1, -0.05) is 43.8 Å². The number of amides is 1. The summed E-state index contributed by atoms with van der Waals surface area (Å²) in [6.07, 6.45) is 4.17. The van der Waals surface area contributed by atoms with Crippen LogP contribution in [0.15, 0.2) is 36.4 Å². The van der Waals surface area contributed by atoms with Gasteiger partial charge in [-0.15, -0.1) is 0 Å². The van der Waals surface area contributed by atoms with Gasteiger partial charge in [0.05, 0.1) is 13.1 Å². The Morgan fingerprint density at radius 3 is 2.03 bits per heavy atom. The minimum Gasteiger partial charge on any atom is -0.444 e. The molecule has 207 valence electrons. The van der Waals surface area contributed by atoms with Crippen LogP contribution in [0.25, 0.3) is 9.69 Å². The zero-order valence-electron chi connectivity index (χ0n) is 22.6. The van der Waals surface area contributed by atoms with E-state index in [2.05, 4.69) is 21.1 Å². The average molecular weight is 699 g/mol. The molecule has 9 heteroatoms. The number of hydrogen-bond donors (Lipinski definition) is 1. The standard InChI is InChI=1S/C15H18N2O2.C10H10N2.C4H8O.CH4.B.W/c1-15(2,3)19-14(18)17-8-7-11-5-6-13(16-4)9-12(11)10-17;1-11-10-3-2-8-4-5-12-7-9(8)6-10;1-2-4-5-3-1;;;/h5-6,9H,7-8,10H2,1-3H3;2-3,6,12H,4-5,7H2;1-4H2;1H4;;. The molecule has 0 aromatic heterocycles. The fourth-order valence-electron chi connectivity index (χ4n) is 4.14. The van der Waals surface area contributed by atoms with Gasteiger partial charge in [0.25, 0.3) is 0 Å². The first-order valence-corrected chi connectivity index (χ1v) is 12.5. The molecule has 1 fully saturated rings. The SMILES string of the molecule is C.C1CCOC1.[B].[C-]#[N+]c1ccc2c(c1)CN(C(=O)OC(C)(C)C)CC2.[C-]#[N+]c1ccc2c(c1)CNCC2.[W]. The van der Waals surface area contributed by atoms with E-state index in [0.717, 1.165) is 50.4 Å². The summed E-state index contributed by atoms with van der Waals surface area (Å²) in [5.41, 5.74) is 5.83. The van der Waals surface area contributed by atoms with Crippen LogP contribution < -0.4 is 5.32 Å². The summed E-state index contributed by atoms with van der Waals surface area (Å²) in [4.78, 5) is 20.5. The van der Waals surface area contributed by atoms with Crippen LogP contribution in [0.1, 0.15) is 63.3 Å². The van der Waals surface area contributed by atoms with Crippen molar-refractivity contribution < 1.29 is 35.3 Å². The molecule has 2 aromatic carbocycles. The Kier molecular flexibility index (Phi) is 16.6. The molecule has 5 rings (SSSR count). The number of nitrogens with zero attached hydrogens (tertiary/aromatic N) is 3. The number of rotatable bonds is 0. The van der Waals surface area contributed by atoms with E-state index in [1.807, 2.05) is 51.1 Å². The van der Waals surface area contributed by atoms with Gasteiger partial charge in [-0.2, -0.15) is 0 Å². The molecule has 3 heterocycles. The van der Waals surface area contributed by atoms with Gasteiger partial charge in [0.1, 0.15) is 5.60 Å². The Morgan fingerprint density at radius 2 is 1.51 bits per heavy atom. The molecular weight excluding hydrogens is 659 g/mol. The Bertz CT molecular complexity index is 1130. The Hall–Kier alpha value is -2.64. The molecule has 3 aliphatic heterocycles. The zero-order valence-corrected chi connectivity index (χ0v) is 25.5. The third-order valence-corrected chi connectivity index (χ3v) is 6.02. The van der Waals surface area contributed by atoms with E-state index in [4.69, 9.17) is 22.6 Å². The third-order valence-electron chi connectivity index (χ3n) is 6.02. The van der Waals surface area contributed by atoms with Gasteiger partial charge in [0.15, 0.2) is 11.4 Å². The van der Waals surface area contributed by atoms with Gasteiger partial charge >= 0.3 is 6.09 Å². The van der Waals surface area contributed by atoms with Crippen molar-refractivity contribution in [1.82, 2.24) is 10.2 Å². The van der Waals surface area contributed by atoms with Crippen molar-refractivity contribution in [3.8, 4) is 0 Å². The second-order valence-corrected chi connectivity index (χ2v) is 10.0. The zero-order chi connectivity index (χ0) is 26.0. The molecule has 3 radical (unpaired) electrons. The van der Waals surface area contributed by atoms with Crippen molar-refractivity contribution in [1.29, 1.82) is 0 Å². The quantitative estimate of drug-likeness (QED) is 0.254. The number of fused-ring (bicyclic) bond motifs is 2. The molecule has 0 saturated carbocycles. The van der Waals surface area contributed by atoms with Gasteiger partial charge in [-0.25, -0.2) is 14.5 Å². The van der Waals surface area contributed by atoms with Crippen LogP contribution in [0.4, 0.5) is 16.2 Å². The average Bonchev–Trinajstić information content (AvgIpc) is 3.47. The smallest absolute Gasteiger partial charge is 0.410 e. The molecule has 2 aromatic rings. The van der Waals surface area contributed by atoms with E-state index >= 15 is 0 Å². The van der Waals surface area contributed by atoms with Crippen molar-refractivity contribution >= 4 is 25.9 Å². The first-order valence-electron chi connectivity index (χ1n) is 12.5. The first-order chi connectivity index (χ1) is 17.3. The molecule has 1 amide bonds. The molecule has 0 aliphatic carbocycles. The molecule has 0 atom stereocenters. The molecule has 7 nitrogen and oxygen atoms in total. The predicted molar refractivity (Wildman–Crippen MR) is 154 cm³/mol. The van der Waals surface area contributed by atoms with Crippen molar-refractivity contribution in [3.05, 3.63) is 81.5 Å². The number of benzene rings is 2. The van der Waals surface area contributed by atoms with E-state index in [9.17, 15) is 4.79 Å². The summed E-state index contributed by atoms with van der Waals surface area (Å²) >= 11 is 0. The summed E-state index contributed by atoms with van der Waals surface area (Å²) in [6.45, 7) is 24.6. The minimum absolute atomic E-state index is 0. The van der Waals surface area contributed by atoms with E-state index in [-0.39, 0.29) is 43.0 Å². The molecule has 39 heavy (non-hydrogen) atoms. The Balaban J connectivity index is 0.000000619. The number of hydrogen-bond acceptors (Lipinski definition) is 4. The van der Waals surface area contributed by atoms with Crippen molar-refractivity contribution in [2.24, 2.45) is 0 Å². The van der Waals surface area contributed by atoms with Gasteiger partial charge in [-0.05, 0) is 75.3 Å².